The van der Waals surface area contributed by atoms with Crippen molar-refractivity contribution in [3.8, 4) is 17.2 Å². The number of hydrogen-bond donors (Lipinski definition) is 2. The summed E-state index contributed by atoms with van der Waals surface area (Å²) in [6.07, 6.45) is -1.01. The Kier molecular flexibility index (Phi) is 4.35. The second kappa shape index (κ2) is 6.52. The van der Waals surface area contributed by atoms with E-state index in [1.165, 1.54) is 6.07 Å². The van der Waals surface area contributed by atoms with Crippen LogP contribution >= 0.6 is 0 Å². The van der Waals surface area contributed by atoms with Crippen molar-refractivity contribution in [1.82, 2.24) is 4.98 Å². The summed E-state index contributed by atoms with van der Waals surface area (Å²) in [5, 5.41) is 9.70. The molecular weight excluding hydrogens is 403 g/mol. The van der Waals surface area contributed by atoms with Crippen LogP contribution in [0.3, 0.4) is 0 Å². The third-order valence-corrected chi connectivity index (χ3v) is 5.72. The van der Waals surface area contributed by atoms with E-state index in [2.05, 4.69) is 15.8 Å². The molecule has 9 heteroatoms. The summed E-state index contributed by atoms with van der Waals surface area (Å²) in [6, 6.07) is 8.93. The third kappa shape index (κ3) is 3.34. The second-order valence-electron chi connectivity index (χ2n) is 7.08. The van der Waals surface area contributed by atoms with Crippen LogP contribution in [0.4, 0.5) is 18.9 Å². The average Bonchev–Trinajstić information content (AvgIpc) is 3.07. The van der Waals surface area contributed by atoms with E-state index in [1.54, 1.807) is 18.3 Å². The summed E-state index contributed by atoms with van der Waals surface area (Å²) in [5.74, 6) is -0.262. The number of halogens is 3. The Morgan fingerprint density at radius 2 is 1.93 bits per heavy atom. The summed E-state index contributed by atoms with van der Waals surface area (Å²) in [6.45, 7) is 0. The van der Waals surface area contributed by atoms with Gasteiger partial charge in [-0.3, -0.25) is 4.72 Å². The zero-order valence-electron chi connectivity index (χ0n) is 15.3. The van der Waals surface area contributed by atoms with E-state index in [4.69, 9.17) is 5.26 Å². The molecule has 1 aliphatic carbocycles. The molecule has 1 atom stereocenters. The minimum atomic E-state index is -4.48. The first-order chi connectivity index (χ1) is 13.6. The topological polar surface area (TPSA) is 85.8 Å². The molecular formula is C20H16F3N3O2S. The van der Waals surface area contributed by atoms with Gasteiger partial charge in [-0.15, -0.1) is 0 Å². The Morgan fingerprint density at radius 3 is 2.59 bits per heavy atom. The second-order valence-corrected chi connectivity index (χ2v) is 8.83. The van der Waals surface area contributed by atoms with Crippen LogP contribution in [0.25, 0.3) is 22.0 Å². The van der Waals surface area contributed by atoms with E-state index in [-0.39, 0.29) is 12.3 Å². The van der Waals surface area contributed by atoms with Gasteiger partial charge in [0.25, 0.3) is 0 Å². The number of benzene rings is 2. The van der Waals surface area contributed by atoms with Crippen LogP contribution in [0.1, 0.15) is 35.4 Å². The SMILES string of the molecule is CS(=O)(=O)Nc1ccc2c3c(c[nH]c13)C(CCC#N)c1ccc(C(F)(F)F)cc1-2. The van der Waals surface area contributed by atoms with Crippen molar-refractivity contribution in [2.24, 2.45) is 0 Å². The van der Waals surface area contributed by atoms with Crippen LogP contribution in [0.15, 0.2) is 36.5 Å². The highest BCUT2D eigenvalue weighted by Crippen LogP contribution is 2.49. The van der Waals surface area contributed by atoms with Crippen LogP contribution in [0, 0.1) is 11.3 Å². The maximum Gasteiger partial charge on any atom is 0.416 e. The lowest BCUT2D eigenvalue weighted by molar-refractivity contribution is -0.137. The Hall–Kier alpha value is -2.99. The number of aromatic amines is 1. The van der Waals surface area contributed by atoms with Crippen LogP contribution in [-0.2, 0) is 16.2 Å². The molecule has 1 aliphatic rings. The van der Waals surface area contributed by atoms with Crippen molar-refractivity contribution in [2.45, 2.75) is 24.9 Å². The van der Waals surface area contributed by atoms with Gasteiger partial charge in [0.2, 0.25) is 10.0 Å². The number of anilines is 1. The fourth-order valence-electron chi connectivity index (χ4n) is 4.02. The Labute approximate surface area is 165 Å². The monoisotopic (exact) mass is 419 g/mol. The van der Waals surface area contributed by atoms with Crippen LogP contribution in [0.2, 0.25) is 0 Å². The summed E-state index contributed by atoms with van der Waals surface area (Å²) in [5.41, 5.74) is 2.70. The molecule has 0 saturated heterocycles. The number of alkyl halides is 3. The number of nitriles is 1. The number of nitrogens with one attached hydrogen (secondary N) is 2. The van der Waals surface area contributed by atoms with Gasteiger partial charge in [-0.2, -0.15) is 18.4 Å². The van der Waals surface area contributed by atoms with Crippen LogP contribution in [0.5, 0.6) is 0 Å². The Bertz CT molecular complexity index is 1270. The lowest BCUT2D eigenvalue weighted by atomic mass is 9.76. The molecule has 2 aromatic carbocycles. The minimum absolute atomic E-state index is 0.244. The first-order valence-electron chi connectivity index (χ1n) is 8.80. The molecule has 0 amide bonds. The van der Waals surface area contributed by atoms with E-state index in [0.717, 1.165) is 29.5 Å². The average molecular weight is 419 g/mol. The fraction of sp³-hybridized carbons (Fsp3) is 0.250. The number of rotatable bonds is 4. The highest BCUT2D eigenvalue weighted by molar-refractivity contribution is 7.92. The van der Waals surface area contributed by atoms with Gasteiger partial charge in [-0.05, 0) is 46.9 Å². The number of fused-ring (bicyclic) bond motifs is 2. The Morgan fingerprint density at radius 1 is 1.17 bits per heavy atom. The number of nitrogens with zero attached hydrogens (tertiary/aromatic N) is 1. The molecule has 1 aromatic heterocycles. The van der Waals surface area contributed by atoms with Gasteiger partial charge >= 0.3 is 6.18 Å². The van der Waals surface area contributed by atoms with E-state index in [1.807, 2.05) is 0 Å². The molecule has 0 bridgehead atoms. The molecule has 0 fully saturated rings. The molecule has 150 valence electrons. The molecule has 2 N–H and O–H groups in total. The lowest BCUT2D eigenvalue weighted by Crippen LogP contribution is -2.12. The molecule has 5 nitrogen and oxygen atoms in total. The maximum absolute atomic E-state index is 13.3. The van der Waals surface area contributed by atoms with Crippen molar-refractivity contribution in [3.05, 3.63) is 53.2 Å². The van der Waals surface area contributed by atoms with E-state index < -0.39 is 21.8 Å². The number of aromatic nitrogens is 1. The first-order valence-corrected chi connectivity index (χ1v) is 10.7. The first kappa shape index (κ1) is 19.3. The summed E-state index contributed by atoms with van der Waals surface area (Å²) < 4.78 is 65.7. The summed E-state index contributed by atoms with van der Waals surface area (Å²) in [4.78, 5) is 3.07. The predicted molar refractivity (Wildman–Crippen MR) is 104 cm³/mol. The van der Waals surface area contributed by atoms with E-state index in [9.17, 15) is 21.6 Å². The molecule has 0 saturated carbocycles. The molecule has 29 heavy (non-hydrogen) atoms. The Balaban J connectivity index is 2.00. The minimum Gasteiger partial charge on any atom is -0.359 e. The lowest BCUT2D eigenvalue weighted by Gasteiger charge is -2.27. The maximum atomic E-state index is 13.3. The van der Waals surface area contributed by atoms with Crippen molar-refractivity contribution >= 4 is 26.6 Å². The standard InChI is InChI=1S/C20H16F3N3O2S/c1-29(27,28)26-17-7-6-14-15-9-11(20(21,22)23)4-5-13(15)12(3-2-8-24)16-10-25-19(17)18(14)16/h4-7,9-10,12,25-26H,2-3H2,1H3. The molecule has 0 radical (unpaired) electrons. The smallest absolute Gasteiger partial charge is 0.359 e. The zero-order valence-corrected chi connectivity index (χ0v) is 16.1. The highest BCUT2D eigenvalue weighted by atomic mass is 32.2. The van der Waals surface area contributed by atoms with Crippen LogP contribution in [-0.4, -0.2) is 19.7 Å². The molecule has 4 rings (SSSR count). The van der Waals surface area contributed by atoms with Crippen molar-refractivity contribution in [2.75, 3.05) is 11.0 Å². The normalized spacial score (nSPS) is 15.8. The largest absolute Gasteiger partial charge is 0.416 e. The summed E-state index contributed by atoms with van der Waals surface area (Å²) in [7, 11) is -3.54. The molecule has 1 unspecified atom stereocenters. The van der Waals surface area contributed by atoms with Gasteiger partial charge in [-0.25, -0.2) is 8.42 Å². The molecule has 1 heterocycles. The third-order valence-electron chi connectivity index (χ3n) is 5.13. The van der Waals surface area contributed by atoms with Crippen LogP contribution < -0.4 is 4.72 Å². The number of hydrogen-bond acceptors (Lipinski definition) is 3. The van der Waals surface area contributed by atoms with Gasteiger partial charge in [0.1, 0.15) is 0 Å². The number of sulfonamides is 1. The van der Waals surface area contributed by atoms with Gasteiger partial charge in [0, 0.05) is 23.9 Å². The fourth-order valence-corrected chi connectivity index (χ4v) is 4.59. The molecule has 3 aromatic rings. The van der Waals surface area contributed by atoms with Crippen molar-refractivity contribution in [3.63, 3.8) is 0 Å². The van der Waals surface area contributed by atoms with Gasteiger partial charge < -0.3 is 4.98 Å². The zero-order chi connectivity index (χ0) is 21.0. The van der Waals surface area contributed by atoms with Crippen molar-refractivity contribution in [1.29, 1.82) is 5.26 Å². The van der Waals surface area contributed by atoms with E-state index in [0.29, 0.717) is 34.1 Å². The molecule has 0 aliphatic heterocycles. The van der Waals surface area contributed by atoms with Gasteiger partial charge in [-0.1, -0.05) is 12.1 Å². The summed E-state index contributed by atoms with van der Waals surface area (Å²) >= 11 is 0. The van der Waals surface area contributed by atoms with Crippen molar-refractivity contribution < 1.29 is 21.6 Å². The predicted octanol–water partition coefficient (Wildman–Crippen LogP) is 4.97. The molecule has 0 spiro atoms. The quantitative estimate of drug-likeness (QED) is 0.626. The van der Waals surface area contributed by atoms with E-state index >= 15 is 0 Å². The number of H-pyrrole nitrogens is 1. The van der Waals surface area contributed by atoms with Gasteiger partial charge in [0.05, 0.1) is 29.1 Å². The highest BCUT2D eigenvalue weighted by Gasteiger charge is 2.34. The van der Waals surface area contributed by atoms with Gasteiger partial charge in [0.15, 0.2) is 0 Å².